The second-order valence-corrected chi connectivity index (χ2v) is 7.44. The third-order valence-corrected chi connectivity index (χ3v) is 5.46. The highest BCUT2D eigenvalue weighted by Crippen LogP contribution is 2.34. The minimum Gasteiger partial charge on any atom is -0.508 e. The fourth-order valence-corrected chi connectivity index (χ4v) is 3.97. The molecule has 5 rings (SSSR count). The lowest BCUT2D eigenvalue weighted by atomic mass is 10.00. The summed E-state index contributed by atoms with van der Waals surface area (Å²) in [7, 11) is 0. The molecule has 2 N–H and O–H groups in total. The zero-order valence-corrected chi connectivity index (χ0v) is 16.1. The van der Waals surface area contributed by atoms with Crippen LogP contribution in [-0.4, -0.2) is 20.7 Å². The van der Waals surface area contributed by atoms with Crippen LogP contribution in [0.25, 0.3) is 32.8 Å². The molecule has 4 nitrogen and oxygen atoms in total. The molecule has 0 aliphatic heterocycles. The van der Waals surface area contributed by atoms with Crippen LogP contribution in [-0.2, 0) is 6.54 Å². The number of phenols is 1. The Morgan fingerprint density at radius 2 is 1.60 bits per heavy atom. The number of phenolic OH excluding ortho intramolecular Hbond substituents is 1. The number of hydrogen-bond acceptors (Lipinski definition) is 2. The Morgan fingerprint density at radius 3 is 2.40 bits per heavy atom. The number of carboxylic acids is 1. The first-order valence-electron chi connectivity index (χ1n) is 9.72. The van der Waals surface area contributed by atoms with Gasteiger partial charge in [-0.15, -0.1) is 0 Å². The van der Waals surface area contributed by atoms with Crippen molar-refractivity contribution in [2.45, 2.75) is 6.54 Å². The van der Waals surface area contributed by atoms with Crippen molar-refractivity contribution in [1.29, 1.82) is 0 Å². The molecule has 0 aliphatic rings. The van der Waals surface area contributed by atoms with Crippen molar-refractivity contribution in [1.82, 2.24) is 4.57 Å². The molecule has 0 saturated heterocycles. The first kappa shape index (κ1) is 18.0. The molecule has 0 spiro atoms. The topological polar surface area (TPSA) is 62.5 Å². The van der Waals surface area contributed by atoms with Crippen LogP contribution >= 0.6 is 0 Å². The highest BCUT2D eigenvalue weighted by Gasteiger charge is 2.14. The summed E-state index contributed by atoms with van der Waals surface area (Å²) >= 11 is 0. The molecule has 0 bridgehead atoms. The minimum absolute atomic E-state index is 0.237. The molecule has 0 fully saturated rings. The van der Waals surface area contributed by atoms with E-state index in [0.29, 0.717) is 6.54 Å². The van der Waals surface area contributed by atoms with Crippen molar-refractivity contribution in [3.05, 3.63) is 102 Å². The van der Waals surface area contributed by atoms with Crippen molar-refractivity contribution in [2.24, 2.45) is 0 Å². The summed E-state index contributed by atoms with van der Waals surface area (Å²) in [6.45, 7) is 0.700. The van der Waals surface area contributed by atoms with Crippen molar-refractivity contribution < 1.29 is 15.0 Å². The molecule has 1 aromatic heterocycles. The molecule has 30 heavy (non-hydrogen) atoms. The Labute approximate surface area is 173 Å². The van der Waals surface area contributed by atoms with E-state index in [9.17, 15) is 15.0 Å². The smallest absolute Gasteiger partial charge is 0.335 e. The quantitative estimate of drug-likeness (QED) is 0.399. The number of aromatic hydroxyl groups is 1. The molecule has 4 heteroatoms. The third-order valence-electron chi connectivity index (χ3n) is 5.46. The lowest BCUT2D eigenvalue weighted by Gasteiger charge is -2.05. The first-order valence-corrected chi connectivity index (χ1v) is 9.72. The number of rotatable bonds is 4. The number of carbonyl (C=O) groups is 1. The summed E-state index contributed by atoms with van der Waals surface area (Å²) < 4.78 is 2.16. The van der Waals surface area contributed by atoms with E-state index in [1.54, 1.807) is 24.3 Å². The number of benzene rings is 4. The van der Waals surface area contributed by atoms with E-state index in [1.165, 1.54) is 5.56 Å². The fraction of sp³-hybridized carbons (Fsp3) is 0.0385. The summed E-state index contributed by atoms with van der Waals surface area (Å²) in [5.74, 6) is -0.701. The normalized spacial score (nSPS) is 11.2. The molecule has 4 aromatic carbocycles. The van der Waals surface area contributed by atoms with Crippen molar-refractivity contribution in [3.8, 4) is 16.9 Å². The van der Waals surface area contributed by atoms with Gasteiger partial charge in [0.15, 0.2) is 0 Å². The maximum Gasteiger partial charge on any atom is 0.335 e. The highest BCUT2D eigenvalue weighted by molar-refractivity contribution is 6.02. The fourth-order valence-electron chi connectivity index (χ4n) is 3.97. The zero-order chi connectivity index (χ0) is 20.7. The summed E-state index contributed by atoms with van der Waals surface area (Å²) in [5, 5.41) is 22.1. The van der Waals surface area contributed by atoms with Crippen LogP contribution in [0.15, 0.2) is 91.1 Å². The van der Waals surface area contributed by atoms with Crippen molar-refractivity contribution >= 4 is 27.6 Å². The van der Waals surface area contributed by atoms with Gasteiger partial charge in [-0.05, 0) is 58.3 Å². The molecule has 5 aromatic rings. The maximum atomic E-state index is 11.6. The molecule has 0 unspecified atom stereocenters. The Bertz CT molecular complexity index is 1400. The van der Waals surface area contributed by atoms with Gasteiger partial charge in [-0.1, -0.05) is 48.5 Å². The van der Waals surface area contributed by atoms with E-state index >= 15 is 0 Å². The van der Waals surface area contributed by atoms with Gasteiger partial charge in [0.25, 0.3) is 0 Å². The lowest BCUT2D eigenvalue weighted by Crippen LogP contribution is -1.98. The number of aromatic carboxylic acids is 1. The Morgan fingerprint density at radius 1 is 0.833 bits per heavy atom. The Kier molecular flexibility index (Phi) is 4.25. The average Bonchev–Trinajstić information content (AvgIpc) is 3.11. The molecule has 0 radical (unpaired) electrons. The molecular weight excluding hydrogens is 374 g/mol. The van der Waals surface area contributed by atoms with E-state index < -0.39 is 5.97 Å². The van der Waals surface area contributed by atoms with Gasteiger partial charge in [0.05, 0.1) is 5.56 Å². The van der Waals surface area contributed by atoms with E-state index in [1.807, 2.05) is 42.5 Å². The van der Waals surface area contributed by atoms with Gasteiger partial charge in [-0.25, -0.2) is 4.79 Å². The molecule has 0 amide bonds. The van der Waals surface area contributed by atoms with E-state index in [2.05, 4.69) is 29.0 Å². The van der Waals surface area contributed by atoms with E-state index in [0.717, 1.165) is 32.8 Å². The van der Waals surface area contributed by atoms with E-state index in [-0.39, 0.29) is 11.3 Å². The predicted octanol–water partition coefficient (Wildman–Crippen LogP) is 5.91. The number of hydrogen-bond donors (Lipinski definition) is 2. The van der Waals surface area contributed by atoms with Gasteiger partial charge >= 0.3 is 5.97 Å². The van der Waals surface area contributed by atoms with Crippen molar-refractivity contribution in [3.63, 3.8) is 0 Å². The molecular formula is C26H19NO3. The van der Waals surface area contributed by atoms with Gasteiger partial charge < -0.3 is 14.8 Å². The van der Waals surface area contributed by atoms with Crippen LogP contribution in [0.5, 0.6) is 5.75 Å². The van der Waals surface area contributed by atoms with Crippen LogP contribution in [0.1, 0.15) is 15.9 Å². The van der Waals surface area contributed by atoms with Crippen molar-refractivity contribution in [2.75, 3.05) is 0 Å². The third kappa shape index (κ3) is 3.18. The molecule has 0 aliphatic carbocycles. The van der Waals surface area contributed by atoms with Gasteiger partial charge in [0.2, 0.25) is 0 Å². The monoisotopic (exact) mass is 393 g/mol. The maximum absolute atomic E-state index is 11.6. The number of carboxylic acid groups (broad SMARTS) is 1. The predicted molar refractivity (Wildman–Crippen MR) is 119 cm³/mol. The summed E-state index contributed by atoms with van der Waals surface area (Å²) in [6.07, 6.45) is 2.09. The van der Waals surface area contributed by atoms with Crippen LogP contribution in [0.3, 0.4) is 0 Å². The Balaban J connectivity index is 1.70. The van der Waals surface area contributed by atoms with Crippen LogP contribution < -0.4 is 0 Å². The molecule has 1 heterocycles. The number of fused-ring (bicyclic) bond motifs is 2. The van der Waals surface area contributed by atoms with Gasteiger partial charge in [0.1, 0.15) is 5.75 Å². The summed E-state index contributed by atoms with van der Waals surface area (Å²) in [5.41, 5.74) is 4.43. The summed E-state index contributed by atoms with van der Waals surface area (Å²) in [6, 6.07) is 26.8. The first-order chi connectivity index (χ1) is 14.6. The van der Waals surface area contributed by atoms with Crippen LogP contribution in [0.2, 0.25) is 0 Å². The second kappa shape index (κ2) is 7.08. The number of aromatic nitrogens is 1. The standard InChI is InChI=1S/C26H19NO3/c28-22-10-8-18-12-20(7-6-19(18)13-22)24-16-27(15-17-4-2-1-3-5-17)25-11-9-21(26(29)30)14-23(24)25/h1-14,16,28H,15H2,(H,29,30). The lowest BCUT2D eigenvalue weighted by molar-refractivity contribution is 0.0697. The minimum atomic E-state index is -0.937. The van der Waals surface area contributed by atoms with Crippen LogP contribution in [0, 0.1) is 0 Å². The molecule has 0 saturated carbocycles. The van der Waals surface area contributed by atoms with Gasteiger partial charge in [0, 0.05) is 29.2 Å². The summed E-state index contributed by atoms with van der Waals surface area (Å²) in [4.78, 5) is 11.6. The largest absolute Gasteiger partial charge is 0.508 e. The van der Waals surface area contributed by atoms with Gasteiger partial charge in [-0.2, -0.15) is 0 Å². The SMILES string of the molecule is O=C(O)c1ccc2c(c1)c(-c1ccc3cc(O)ccc3c1)cn2Cc1ccccc1. The van der Waals surface area contributed by atoms with Crippen LogP contribution in [0.4, 0.5) is 0 Å². The highest BCUT2D eigenvalue weighted by atomic mass is 16.4. The number of nitrogens with zero attached hydrogens (tertiary/aromatic N) is 1. The average molecular weight is 393 g/mol. The zero-order valence-electron chi connectivity index (χ0n) is 16.1. The Hall–Kier alpha value is -4.05. The van der Waals surface area contributed by atoms with E-state index in [4.69, 9.17) is 0 Å². The molecule has 146 valence electrons. The second-order valence-electron chi connectivity index (χ2n) is 7.44. The van der Waals surface area contributed by atoms with Gasteiger partial charge in [-0.3, -0.25) is 0 Å². The molecule has 0 atom stereocenters.